The fraction of sp³-hybridized carbons (Fsp3) is 0.364. The maximum atomic E-state index is 12.1. The number of nitrogens with zero attached hydrogens (tertiary/aromatic N) is 1. The molecule has 0 aliphatic heterocycles. The molecule has 17 heavy (non-hydrogen) atoms. The largest absolute Gasteiger partial charge is 0.573 e. The van der Waals surface area contributed by atoms with Crippen molar-refractivity contribution in [3.05, 3.63) is 29.8 Å². The van der Waals surface area contributed by atoms with Gasteiger partial charge >= 0.3 is 6.36 Å². The second-order valence-electron chi connectivity index (χ2n) is 3.70. The Balaban J connectivity index is 2.95. The van der Waals surface area contributed by atoms with E-state index in [9.17, 15) is 18.0 Å². The maximum Gasteiger partial charge on any atom is 0.573 e. The van der Waals surface area contributed by atoms with E-state index in [4.69, 9.17) is 0 Å². The van der Waals surface area contributed by atoms with Crippen LogP contribution in [0, 0.1) is 0 Å². The number of halogens is 3. The number of carbonyl (C=O) groups is 1. The van der Waals surface area contributed by atoms with Crippen LogP contribution < -0.4 is 4.74 Å². The summed E-state index contributed by atoms with van der Waals surface area (Å²) in [5.74, 6) is -0.887. The van der Waals surface area contributed by atoms with Gasteiger partial charge in [0.1, 0.15) is 5.75 Å². The molecule has 0 N–H and O–H groups in total. The topological polar surface area (TPSA) is 29.5 Å². The van der Waals surface area contributed by atoms with Crippen LogP contribution in [0.2, 0.25) is 0 Å². The van der Waals surface area contributed by atoms with Gasteiger partial charge in [-0.05, 0) is 26.2 Å². The average Bonchev–Trinajstić information content (AvgIpc) is 2.14. The Labute approximate surface area is 96.8 Å². The van der Waals surface area contributed by atoms with Crippen molar-refractivity contribution in [3.63, 3.8) is 0 Å². The monoisotopic (exact) mass is 247 g/mol. The van der Waals surface area contributed by atoms with Crippen molar-refractivity contribution in [2.24, 2.45) is 0 Å². The molecule has 0 fully saturated rings. The zero-order valence-electron chi connectivity index (χ0n) is 9.41. The van der Waals surface area contributed by atoms with Crippen molar-refractivity contribution in [3.8, 4) is 5.75 Å². The van der Waals surface area contributed by atoms with Gasteiger partial charge < -0.3 is 9.64 Å². The highest BCUT2D eigenvalue weighted by Gasteiger charge is 2.32. The minimum atomic E-state index is -4.80. The number of alkyl halides is 3. The molecule has 0 aliphatic rings. The van der Waals surface area contributed by atoms with Gasteiger partial charge in [-0.1, -0.05) is 12.1 Å². The highest BCUT2D eigenvalue weighted by Crippen LogP contribution is 2.26. The number of Topliss-reactive ketones (excluding diaryl/α,β-unsaturated/α-hetero) is 1. The van der Waals surface area contributed by atoms with Crippen LogP contribution in [-0.4, -0.2) is 37.7 Å². The van der Waals surface area contributed by atoms with E-state index in [2.05, 4.69) is 4.74 Å². The van der Waals surface area contributed by atoms with Crippen LogP contribution in [0.25, 0.3) is 0 Å². The summed E-state index contributed by atoms with van der Waals surface area (Å²) >= 11 is 0. The van der Waals surface area contributed by atoms with Crippen LogP contribution in [0.1, 0.15) is 10.4 Å². The van der Waals surface area contributed by atoms with Crippen LogP contribution >= 0.6 is 0 Å². The molecule has 0 saturated carbocycles. The molecule has 3 nitrogen and oxygen atoms in total. The van der Waals surface area contributed by atoms with E-state index >= 15 is 0 Å². The smallest absolute Gasteiger partial charge is 0.405 e. The predicted molar refractivity (Wildman–Crippen MR) is 56.0 cm³/mol. The molecule has 1 rings (SSSR count). The Morgan fingerprint density at radius 2 is 1.88 bits per heavy atom. The number of carbonyl (C=O) groups excluding carboxylic acids is 1. The Kier molecular flexibility index (Phi) is 4.11. The van der Waals surface area contributed by atoms with Gasteiger partial charge in [0, 0.05) is 0 Å². The highest BCUT2D eigenvalue weighted by atomic mass is 19.4. The third kappa shape index (κ3) is 4.44. The first kappa shape index (κ1) is 13.5. The quantitative estimate of drug-likeness (QED) is 0.765. The number of benzene rings is 1. The molecule has 0 aromatic heterocycles. The second kappa shape index (κ2) is 5.18. The van der Waals surface area contributed by atoms with Crippen LogP contribution in [-0.2, 0) is 0 Å². The lowest BCUT2D eigenvalue weighted by molar-refractivity contribution is -0.274. The van der Waals surface area contributed by atoms with E-state index < -0.39 is 17.9 Å². The lowest BCUT2D eigenvalue weighted by Gasteiger charge is -2.14. The number of rotatable bonds is 4. The molecule has 0 heterocycles. The lowest BCUT2D eigenvalue weighted by atomic mass is 10.1. The normalized spacial score (nSPS) is 11.6. The molecular weight excluding hydrogens is 235 g/mol. The van der Waals surface area contributed by atoms with Crippen molar-refractivity contribution in [1.82, 2.24) is 4.90 Å². The summed E-state index contributed by atoms with van der Waals surface area (Å²) in [6, 6.07) is 5.31. The predicted octanol–water partition coefficient (Wildman–Crippen LogP) is 2.33. The van der Waals surface area contributed by atoms with Crippen molar-refractivity contribution in [2.75, 3.05) is 20.6 Å². The fourth-order valence-corrected chi connectivity index (χ4v) is 1.28. The van der Waals surface area contributed by atoms with Gasteiger partial charge in [-0.25, -0.2) is 0 Å². The summed E-state index contributed by atoms with van der Waals surface area (Å²) in [6.07, 6.45) is -4.80. The van der Waals surface area contributed by atoms with Crippen LogP contribution in [0.15, 0.2) is 24.3 Å². The molecule has 1 aromatic rings. The summed E-state index contributed by atoms with van der Waals surface area (Å²) in [7, 11) is 3.32. The number of ketones is 1. The molecule has 0 bridgehead atoms. The van der Waals surface area contributed by atoms with Crippen molar-refractivity contribution >= 4 is 5.78 Å². The van der Waals surface area contributed by atoms with Gasteiger partial charge in [0.2, 0.25) is 0 Å². The molecule has 0 saturated heterocycles. The average molecular weight is 247 g/mol. The third-order valence-corrected chi connectivity index (χ3v) is 1.87. The molecule has 6 heteroatoms. The van der Waals surface area contributed by atoms with Crippen molar-refractivity contribution in [1.29, 1.82) is 0 Å². The van der Waals surface area contributed by atoms with E-state index in [0.29, 0.717) is 0 Å². The molecule has 0 aliphatic carbocycles. The SMILES string of the molecule is CN(C)CC(=O)c1ccccc1OC(F)(F)F. The molecule has 94 valence electrons. The molecule has 0 atom stereocenters. The molecule has 1 aromatic carbocycles. The number of hydrogen-bond donors (Lipinski definition) is 0. The van der Waals surface area contributed by atoms with Crippen LogP contribution in [0.3, 0.4) is 0 Å². The zero-order valence-corrected chi connectivity index (χ0v) is 9.41. The first-order chi connectivity index (χ1) is 7.79. The van der Waals surface area contributed by atoms with Gasteiger partial charge in [0.25, 0.3) is 0 Å². The second-order valence-corrected chi connectivity index (χ2v) is 3.70. The summed E-state index contributed by atoms with van der Waals surface area (Å²) in [6.45, 7) is 0.0260. The van der Waals surface area contributed by atoms with E-state index in [-0.39, 0.29) is 12.1 Å². The highest BCUT2D eigenvalue weighted by molar-refractivity contribution is 6.00. The lowest BCUT2D eigenvalue weighted by Crippen LogP contribution is -2.24. The number of para-hydroxylation sites is 1. The minimum absolute atomic E-state index is 0.0260. The summed E-state index contributed by atoms with van der Waals surface area (Å²) in [5.41, 5.74) is -0.0708. The Bertz CT molecular complexity index is 402. The van der Waals surface area contributed by atoms with Crippen molar-refractivity contribution in [2.45, 2.75) is 6.36 Å². The molecule has 0 spiro atoms. The fourth-order valence-electron chi connectivity index (χ4n) is 1.28. The van der Waals surface area contributed by atoms with Gasteiger partial charge in [0.15, 0.2) is 5.78 Å². The number of likely N-dealkylation sites (N-methyl/N-ethyl adjacent to an activating group) is 1. The molecule has 0 unspecified atom stereocenters. The maximum absolute atomic E-state index is 12.1. The Hall–Kier alpha value is -1.56. The van der Waals surface area contributed by atoms with Gasteiger partial charge in [-0.3, -0.25) is 4.79 Å². The molecular formula is C11H12F3NO2. The van der Waals surface area contributed by atoms with E-state index in [1.54, 1.807) is 19.0 Å². The molecule has 0 amide bonds. The van der Waals surface area contributed by atoms with Crippen LogP contribution in [0.5, 0.6) is 5.75 Å². The number of ether oxygens (including phenoxy) is 1. The number of hydrogen-bond acceptors (Lipinski definition) is 3. The Morgan fingerprint density at radius 1 is 1.29 bits per heavy atom. The summed E-state index contributed by atoms with van der Waals surface area (Å²) < 4.78 is 40.1. The van der Waals surface area contributed by atoms with Gasteiger partial charge in [0.05, 0.1) is 12.1 Å². The van der Waals surface area contributed by atoms with Crippen LogP contribution in [0.4, 0.5) is 13.2 Å². The molecule has 0 radical (unpaired) electrons. The van der Waals surface area contributed by atoms with E-state index in [1.165, 1.54) is 18.2 Å². The van der Waals surface area contributed by atoms with Gasteiger partial charge in [-0.2, -0.15) is 0 Å². The zero-order chi connectivity index (χ0) is 13.1. The van der Waals surface area contributed by atoms with Gasteiger partial charge in [-0.15, -0.1) is 13.2 Å². The van der Waals surface area contributed by atoms with E-state index in [0.717, 1.165) is 6.07 Å². The first-order valence-electron chi connectivity index (χ1n) is 4.82. The van der Waals surface area contributed by atoms with E-state index in [1.807, 2.05) is 0 Å². The summed E-state index contributed by atoms with van der Waals surface area (Å²) in [5, 5.41) is 0. The third-order valence-electron chi connectivity index (χ3n) is 1.87. The van der Waals surface area contributed by atoms with Crippen molar-refractivity contribution < 1.29 is 22.7 Å². The summed E-state index contributed by atoms with van der Waals surface area (Å²) in [4.78, 5) is 13.2. The standard InChI is InChI=1S/C11H12F3NO2/c1-15(2)7-9(16)8-5-3-4-6-10(8)17-11(12,13)14/h3-6H,7H2,1-2H3. The first-order valence-corrected chi connectivity index (χ1v) is 4.82. The Morgan fingerprint density at radius 3 is 2.41 bits per heavy atom. The minimum Gasteiger partial charge on any atom is -0.405 e.